The molecule has 1 unspecified atom stereocenters. The van der Waals surface area contributed by atoms with Gasteiger partial charge in [-0.2, -0.15) is 4.31 Å². The van der Waals surface area contributed by atoms with E-state index < -0.39 is 27.9 Å². The van der Waals surface area contributed by atoms with E-state index in [0.717, 1.165) is 5.56 Å². The lowest BCUT2D eigenvalue weighted by molar-refractivity contribution is -0.119. The zero-order valence-electron chi connectivity index (χ0n) is 20.8. The fourth-order valence-corrected chi connectivity index (χ4v) is 5.97. The fourth-order valence-electron chi connectivity index (χ4n) is 4.24. The van der Waals surface area contributed by atoms with Crippen LogP contribution in [0.15, 0.2) is 90.1 Å². The van der Waals surface area contributed by atoms with Gasteiger partial charge in [0.1, 0.15) is 11.9 Å². The molecule has 0 saturated heterocycles. The molecule has 0 aliphatic carbocycles. The predicted octanol–water partition coefficient (Wildman–Crippen LogP) is 4.45. The van der Waals surface area contributed by atoms with E-state index in [1.54, 1.807) is 54.9 Å². The smallest absolute Gasteiger partial charge is 0.256 e. The number of aryl methyl sites for hydroxylation is 1. The Labute approximate surface area is 230 Å². The van der Waals surface area contributed by atoms with Gasteiger partial charge in [-0.05, 0) is 72.6 Å². The fraction of sp³-hybridized carbons (Fsp3) is 0.143. The van der Waals surface area contributed by atoms with Crippen LogP contribution in [0.1, 0.15) is 27.2 Å². The van der Waals surface area contributed by atoms with Gasteiger partial charge in [0.2, 0.25) is 15.9 Å². The number of halogens is 1. The highest BCUT2D eigenvalue weighted by molar-refractivity contribution is 7.89. The van der Waals surface area contributed by atoms with E-state index in [1.807, 2.05) is 13.0 Å². The quantitative estimate of drug-likeness (QED) is 0.359. The minimum absolute atomic E-state index is 0.0521. The van der Waals surface area contributed by atoms with Gasteiger partial charge in [0.25, 0.3) is 5.91 Å². The number of sulfonamides is 1. The molecule has 0 radical (unpaired) electrons. The van der Waals surface area contributed by atoms with E-state index in [1.165, 1.54) is 28.6 Å². The topological polar surface area (TPSA) is 121 Å². The Hall–Kier alpha value is -4.12. The number of nitrogens with one attached hydrogen (secondary N) is 2. The zero-order valence-corrected chi connectivity index (χ0v) is 22.4. The third-order valence-corrected chi connectivity index (χ3v) is 8.41. The number of nitrogens with zero attached hydrogens (tertiary/aromatic N) is 3. The summed E-state index contributed by atoms with van der Waals surface area (Å²) in [5.41, 5.74) is 2.83. The van der Waals surface area contributed by atoms with E-state index in [2.05, 4.69) is 20.6 Å². The molecule has 1 aliphatic heterocycles. The lowest BCUT2D eigenvalue weighted by Crippen LogP contribution is -2.46. The Morgan fingerprint density at radius 2 is 1.87 bits per heavy atom. The lowest BCUT2D eigenvalue weighted by Gasteiger charge is -2.27. The molecule has 2 aromatic carbocycles. The van der Waals surface area contributed by atoms with E-state index >= 15 is 0 Å². The minimum atomic E-state index is -4.18. The van der Waals surface area contributed by atoms with Crippen molar-refractivity contribution in [2.45, 2.75) is 30.8 Å². The van der Waals surface area contributed by atoms with Crippen LogP contribution < -0.4 is 10.6 Å². The summed E-state index contributed by atoms with van der Waals surface area (Å²) < 4.78 is 29.1. The van der Waals surface area contributed by atoms with Crippen LogP contribution in [0.3, 0.4) is 0 Å². The summed E-state index contributed by atoms with van der Waals surface area (Å²) in [7, 11) is -4.18. The standard InChI is InChI=1S/C28H24ClN5O4S/c1-18-5-12-26(31-16-18)33-27(35)19-7-10-23(11-8-19)39(37,38)34-17-20-6-9-21(29)14-24(20)32-28(36)25(34)15-22-4-2-3-13-30-22/h2-14,16,25H,15,17H2,1H3,(H,32,36)(H,31,33,35). The number of pyridine rings is 2. The summed E-state index contributed by atoms with van der Waals surface area (Å²) in [6.07, 6.45) is 3.29. The molecule has 39 heavy (non-hydrogen) atoms. The molecule has 0 bridgehead atoms. The van der Waals surface area contributed by atoms with Crippen LogP contribution in [0.2, 0.25) is 5.02 Å². The number of rotatable bonds is 6. The van der Waals surface area contributed by atoms with Crippen molar-refractivity contribution in [2.24, 2.45) is 0 Å². The van der Waals surface area contributed by atoms with Gasteiger partial charge in [0.15, 0.2) is 0 Å². The van der Waals surface area contributed by atoms with Crippen LogP contribution >= 0.6 is 11.6 Å². The number of aromatic nitrogens is 2. The van der Waals surface area contributed by atoms with Gasteiger partial charge in [0.05, 0.1) is 4.90 Å². The van der Waals surface area contributed by atoms with E-state index in [4.69, 9.17) is 11.6 Å². The third kappa shape index (κ3) is 5.83. The number of hydrogen-bond donors (Lipinski definition) is 2. The van der Waals surface area contributed by atoms with Gasteiger partial charge in [-0.25, -0.2) is 13.4 Å². The summed E-state index contributed by atoms with van der Waals surface area (Å²) in [4.78, 5) is 34.5. The number of carbonyl (C=O) groups is 2. The highest BCUT2D eigenvalue weighted by atomic mass is 35.5. The van der Waals surface area contributed by atoms with Crippen molar-refractivity contribution in [1.29, 1.82) is 0 Å². The Kier molecular flexibility index (Phi) is 7.42. The van der Waals surface area contributed by atoms with Gasteiger partial charge >= 0.3 is 0 Å². The van der Waals surface area contributed by atoms with Crippen LogP contribution in [0.5, 0.6) is 0 Å². The van der Waals surface area contributed by atoms with Gasteiger partial charge in [-0.15, -0.1) is 0 Å². The molecule has 0 saturated carbocycles. The maximum Gasteiger partial charge on any atom is 0.256 e. The molecule has 1 aliphatic rings. The Morgan fingerprint density at radius 3 is 2.56 bits per heavy atom. The molecule has 2 amide bonds. The number of hydrogen-bond acceptors (Lipinski definition) is 6. The number of benzene rings is 2. The SMILES string of the molecule is Cc1ccc(NC(=O)c2ccc(S(=O)(=O)N3Cc4ccc(Cl)cc4NC(=O)C3Cc3ccccn3)cc2)nc1. The van der Waals surface area contributed by atoms with Crippen molar-refractivity contribution in [3.63, 3.8) is 0 Å². The molecule has 2 N–H and O–H groups in total. The van der Waals surface area contributed by atoms with E-state index in [-0.39, 0.29) is 23.4 Å². The van der Waals surface area contributed by atoms with E-state index in [0.29, 0.717) is 27.8 Å². The molecule has 5 rings (SSSR count). The number of carbonyl (C=O) groups excluding carboxylic acids is 2. The normalized spacial score (nSPS) is 15.6. The second kappa shape index (κ2) is 10.9. The lowest BCUT2D eigenvalue weighted by atomic mass is 10.1. The molecule has 0 fully saturated rings. The summed E-state index contributed by atoms with van der Waals surface area (Å²) in [5.74, 6) is -0.538. The Balaban J connectivity index is 1.46. The molecular weight excluding hydrogens is 538 g/mol. The molecule has 4 aromatic rings. The van der Waals surface area contributed by atoms with Gasteiger partial charge < -0.3 is 10.6 Å². The number of fused-ring (bicyclic) bond motifs is 1. The number of amides is 2. The minimum Gasteiger partial charge on any atom is -0.324 e. The van der Waals surface area contributed by atoms with Gasteiger partial charge in [-0.1, -0.05) is 29.8 Å². The zero-order chi connectivity index (χ0) is 27.6. The van der Waals surface area contributed by atoms with Crippen LogP contribution in [0.25, 0.3) is 0 Å². The van der Waals surface area contributed by atoms with Crippen LogP contribution in [-0.2, 0) is 27.8 Å². The Bertz CT molecular complexity index is 1630. The van der Waals surface area contributed by atoms with Crippen molar-refractivity contribution in [3.05, 3.63) is 113 Å². The number of anilines is 2. The first-order chi connectivity index (χ1) is 18.7. The largest absolute Gasteiger partial charge is 0.324 e. The summed E-state index contributed by atoms with van der Waals surface area (Å²) in [5, 5.41) is 5.93. The van der Waals surface area contributed by atoms with Crippen molar-refractivity contribution < 1.29 is 18.0 Å². The average molecular weight is 562 g/mol. The molecule has 9 nitrogen and oxygen atoms in total. The maximum atomic E-state index is 14.0. The van der Waals surface area contributed by atoms with Crippen LogP contribution in [0, 0.1) is 6.92 Å². The first kappa shape index (κ1) is 26.5. The molecule has 1 atom stereocenters. The van der Waals surface area contributed by atoms with Gasteiger partial charge in [-0.3, -0.25) is 14.6 Å². The first-order valence-electron chi connectivity index (χ1n) is 12.1. The molecular formula is C28H24ClN5O4S. The summed E-state index contributed by atoms with van der Waals surface area (Å²) >= 11 is 6.13. The molecule has 3 heterocycles. The average Bonchev–Trinajstić information content (AvgIpc) is 3.06. The maximum absolute atomic E-state index is 14.0. The highest BCUT2D eigenvalue weighted by Gasteiger charge is 2.39. The van der Waals surface area contributed by atoms with Gasteiger partial charge in [0, 0.05) is 47.3 Å². The van der Waals surface area contributed by atoms with Crippen LogP contribution in [-0.4, -0.2) is 40.5 Å². The predicted molar refractivity (Wildman–Crippen MR) is 148 cm³/mol. The van der Waals surface area contributed by atoms with Crippen molar-refractivity contribution in [1.82, 2.24) is 14.3 Å². The molecule has 0 spiro atoms. The highest BCUT2D eigenvalue weighted by Crippen LogP contribution is 2.31. The van der Waals surface area contributed by atoms with Crippen molar-refractivity contribution in [2.75, 3.05) is 10.6 Å². The Morgan fingerprint density at radius 1 is 1.08 bits per heavy atom. The van der Waals surface area contributed by atoms with Crippen molar-refractivity contribution >= 4 is 44.9 Å². The second-order valence-electron chi connectivity index (χ2n) is 9.08. The van der Waals surface area contributed by atoms with E-state index in [9.17, 15) is 18.0 Å². The monoisotopic (exact) mass is 561 g/mol. The van der Waals surface area contributed by atoms with Crippen LogP contribution in [0.4, 0.5) is 11.5 Å². The summed E-state index contributed by atoms with van der Waals surface area (Å²) in [6.45, 7) is 1.83. The summed E-state index contributed by atoms with van der Waals surface area (Å²) in [6, 6.07) is 18.2. The molecule has 2 aromatic heterocycles. The molecule has 198 valence electrons. The first-order valence-corrected chi connectivity index (χ1v) is 13.9. The third-order valence-electron chi connectivity index (χ3n) is 6.31. The molecule has 11 heteroatoms. The second-order valence-corrected chi connectivity index (χ2v) is 11.4. The van der Waals surface area contributed by atoms with Crippen molar-refractivity contribution in [3.8, 4) is 0 Å².